The molecule has 0 heterocycles. The molecule has 0 amide bonds. The van der Waals surface area contributed by atoms with E-state index in [-0.39, 0.29) is 77.3 Å². The van der Waals surface area contributed by atoms with Crippen molar-refractivity contribution in [3.8, 4) is 0 Å². The number of hydrogen-bond acceptors (Lipinski definition) is 9. The van der Waals surface area contributed by atoms with Gasteiger partial charge >= 0.3 is 35.8 Å². The average Bonchev–Trinajstić information content (AvgIpc) is 2.46. The van der Waals surface area contributed by atoms with Crippen molar-refractivity contribution in [3.63, 3.8) is 0 Å². The molecule has 0 rings (SSSR count). The van der Waals surface area contributed by atoms with E-state index < -0.39 is 73.4 Å². The van der Waals surface area contributed by atoms with Gasteiger partial charge in [0.05, 0.1) is 19.3 Å². The predicted octanol–water partition coefficient (Wildman–Crippen LogP) is -3.28. The summed E-state index contributed by atoms with van der Waals surface area (Å²) in [4.78, 5) is 58.2. The molecule has 0 spiro atoms. The van der Waals surface area contributed by atoms with Crippen molar-refractivity contribution in [2.75, 3.05) is 0 Å². The normalized spacial score (nSPS) is 11.7. The van der Waals surface area contributed by atoms with E-state index in [4.69, 9.17) is 46.0 Å². The molecule has 0 aliphatic carbocycles. The van der Waals surface area contributed by atoms with Crippen LogP contribution in [-0.2, 0) is 28.8 Å². The summed E-state index contributed by atoms with van der Waals surface area (Å²) in [6, 6.07) is 0. The molecule has 0 aliphatic rings. The van der Waals surface area contributed by atoms with Crippen molar-refractivity contribution in [3.05, 3.63) is 0 Å². The van der Waals surface area contributed by atoms with Crippen molar-refractivity contribution >= 4 is 35.8 Å². The van der Waals surface area contributed by atoms with Gasteiger partial charge in [-0.3, -0.25) is 14.4 Å². The zero-order chi connectivity index (χ0) is 22.3. The largest absolute Gasteiger partial charge is 0.481 e. The number of hydrogen-bond donors (Lipinski definition) is 9. The van der Waals surface area contributed by atoms with Gasteiger partial charge in [-0.2, -0.15) is 0 Å². The quantitative estimate of drug-likeness (QED) is 0.115. The fourth-order valence-electron chi connectivity index (χ4n) is 0.758. The summed E-state index contributed by atoms with van der Waals surface area (Å²) in [6.07, 6.45) is -7.63. The second kappa shape index (κ2) is 22.0. The Bertz CT molecular complexity index is 475. The Balaban J connectivity index is -0.0000000960. The molecule has 0 saturated heterocycles. The fraction of sp³-hybridized carbons (Fsp3) is 0.500. The van der Waals surface area contributed by atoms with Crippen LogP contribution in [0.25, 0.3) is 0 Å². The molecule has 0 bridgehead atoms. The van der Waals surface area contributed by atoms with Gasteiger partial charge < -0.3 is 46.0 Å². The smallest absolute Gasteiger partial charge is 0.333 e. The van der Waals surface area contributed by atoms with Crippen molar-refractivity contribution in [2.45, 2.75) is 37.6 Å². The molecule has 0 aromatic heterocycles. The van der Waals surface area contributed by atoms with Crippen LogP contribution in [0.15, 0.2) is 0 Å². The summed E-state index contributed by atoms with van der Waals surface area (Å²) >= 11 is 0. The van der Waals surface area contributed by atoms with Gasteiger partial charge in [-0.05, 0) is 0 Å². The molecule has 9 N–H and O–H groups in total. The topological polar surface area (TPSA) is 284 Å². The number of aliphatic hydroxyl groups excluding tert-OH is 3. The van der Waals surface area contributed by atoms with Gasteiger partial charge in [0.25, 0.3) is 0 Å². The number of carboxylic acids is 6. The van der Waals surface area contributed by atoms with E-state index in [0.717, 1.165) is 0 Å². The number of carbonyl (C=O) groups is 6. The third kappa shape index (κ3) is 32.2. The van der Waals surface area contributed by atoms with Crippen LogP contribution in [0.5, 0.6) is 0 Å². The summed E-state index contributed by atoms with van der Waals surface area (Å²) in [5, 5.41) is 72.4. The molecule has 0 saturated carbocycles. The minimum absolute atomic E-state index is 0. The summed E-state index contributed by atoms with van der Waals surface area (Å²) in [6.45, 7) is 0. The summed E-state index contributed by atoms with van der Waals surface area (Å²) < 4.78 is 0. The monoisotopic (exact) mass is 681 g/mol. The van der Waals surface area contributed by atoms with Crippen molar-refractivity contribution in [1.29, 1.82) is 0 Å². The maximum absolute atomic E-state index is 9.72. The Hall–Kier alpha value is -0.729. The van der Waals surface area contributed by atoms with E-state index in [1.54, 1.807) is 0 Å². The average molecular weight is 681 g/mol. The van der Waals surface area contributed by atoms with Crippen LogP contribution in [-0.4, -0.2) is 100 Å². The van der Waals surface area contributed by atoms with Crippen LogP contribution in [0.4, 0.5) is 0 Å². The third-order valence-electron chi connectivity index (χ3n) is 1.96. The summed E-state index contributed by atoms with van der Waals surface area (Å²) in [5.41, 5.74) is 0. The minimum Gasteiger partial charge on any atom is -0.481 e. The minimum atomic E-state index is -1.79. The molecule has 3 unspecified atom stereocenters. The zero-order valence-electron chi connectivity index (χ0n) is 14.4. The van der Waals surface area contributed by atoms with Crippen LogP contribution < -0.4 is 0 Å². The van der Waals surface area contributed by atoms with Gasteiger partial charge in [-0.1, -0.05) is 0 Å². The molecular weight excluding hydrogens is 663 g/mol. The second-order valence-electron chi connectivity index (χ2n) is 4.36. The first-order valence-electron chi connectivity index (χ1n) is 6.49. The molecule has 15 nitrogen and oxygen atoms in total. The van der Waals surface area contributed by atoms with E-state index in [1.165, 1.54) is 0 Å². The fourth-order valence-corrected chi connectivity index (χ4v) is 0.758. The molecule has 1 radical (unpaired) electrons. The van der Waals surface area contributed by atoms with E-state index in [0.29, 0.717) is 0 Å². The summed E-state index contributed by atoms with van der Waals surface area (Å²) in [5.74, 6) is -8.54. The molecule has 0 aromatic carbocycles. The van der Waals surface area contributed by atoms with E-state index in [9.17, 15) is 28.8 Å². The maximum Gasteiger partial charge on any atom is 0.333 e. The standard InChI is InChI=1S/3C4H6O5.Ce.La/c3*5-2(4(8)9)1-3(6)7;;/h3*2,5H,1H2,(H,6,7)(H,8,9);;. The van der Waals surface area contributed by atoms with Gasteiger partial charge in [0, 0.05) is 77.3 Å². The molecule has 0 fully saturated rings. The molecule has 0 aliphatic heterocycles. The van der Waals surface area contributed by atoms with Crippen LogP contribution in [0.1, 0.15) is 19.3 Å². The van der Waals surface area contributed by atoms with Crippen LogP contribution in [0.3, 0.4) is 0 Å². The van der Waals surface area contributed by atoms with Gasteiger partial charge in [0.2, 0.25) is 0 Å². The molecule has 0 aromatic rings. The zero-order valence-corrected chi connectivity index (χ0v) is 21.2. The first-order chi connectivity index (χ1) is 12.1. The number of aliphatic hydroxyl groups is 3. The second-order valence-corrected chi connectivity index (χ2v) is 4.36. The van der Waals surface area contributed by atoms with Gasteiger partial charge in [-0.25, -0.2) is 14.4 Å². The molecule has 163 valence electrons. The molecular formula is C12H18CeLaO15. The van der Waals surface area contributed by atoms with Crippen LogP contribution >= 0.6 is 0 Å². The van der Waals surface area contributed by atoms with Crippen molar-refractivity contribution in [2.24, 2.45) is 0 Å². The molecule has 17 heteroatoms. The third-order valence-corrected chi connectivity index (χ3v) is 1.96. The van der Waals surface area contributed by atoms with E-state index in [1.807, 2.05) is 0 Å². The Morgan fingerprint density at radius 3 is 0.655 bits per heavy atom. The number of rotatable bonds is 9. The SMILES string of the molecule is O=C(O)CC(O)C(=O)O.O=C(O)CC(O)C(=O)O.O=C(O)CC(O)C(=O)O.[Ce].[La]. The van der Waals surface area contributed by atoms with Crippen molar-refractivity contribution in [1.82, 2.24) is 0 Å². The predicted molar refractivity (Wildman–Crippen MR) is 77.7 cm³/mol. The molecule has 3 atom stereocenters. The first-order valence-corrected chi connectivity index (χ1v) is 6.49. The maximum atomic E-state index is 9.72. The van der Waals surface area contributed by atoms with Crippen LogP contribution in [0.2, 0.25) is 0 Å². The van der Waals surface area contributed by atoms with Crippen molar-refractivity contribution < 1.29 is 152 Å². The van der Waals surface area contributed by atoms with Gasteiger partial charge in [0.15, 0.2) is 18.3 Å². The Kier molecular flexibility index (Phi) is 29.4. The Morgan fingerprint density at radius 2 is 0.621 bits per heavy atom. The summed E-state index contributed by atoms with van der Waals surface area (Å²) in [7, 11) is 0. The van der Waals surface area contributed by atoms with E-state index in [2.05, 4.69) is 0 Å². The number of aliphatic carboxylic acids is 6. The number of carboxylic acid groups (broad SMARTS) is 6. The first kappa shape index (κ1) is 38.8. The molecule has 29 heavy (non-hydrogen) atoms. The van der Waals surface area contributed by atoms with Crippen LogP contribution in [0, 0.1) is 77.3 Å². The Morgan fingerprint density at radius 1 is 0.483 bits per heavy atom. The Labute approximate surface area is 223 Å². The van der Waals surface area contributed by atoms with Gasteiger partial charge in [0.1, 0.15) is 0 Å². The van der Waals surface area contributed by atoms with E-state index >= 15 is 0 Å². The van der Waals surface area contributed by atoms with Gasteiger partial charge in [-0.15, -0.1) is 0 Å².